The van der Waals surface area contributed by atoms with Crippen molar-refractivity contribution >= 4 is 11.7 Å². The number of ether oxygens (including phenoxy) is 1. The van der Waals surface area contributed by atoms with Gasteiger partial charge in [0.2, 0.25) is 0 Å². The molecule has 22 heavy (non-hydrogen) atoms. The number of nitro groups is 1. The first-order valence-electron chi connectivity index (χ1n) is 6.36. The number of non-ortho nitro benzene ring substituents is 1. The third kappa shape index (κ3) is 3.00. The monoisotopic (exact) mass is 303 g/mol. The van der Waals surface area contributed by atoms with Crippen LogP contribution < -0.4 is 5.56 Å². The molecule has 0 fully saturated rings. The van der Waals surface area contributed by atoms with Gasteiger partial charge in [-0.2, -0.15) is 5.10 Å². The molecule has 0 aliphatic rings. The summed E-state index contributed by atoms with van der Waals surface area (Å²) in [5, 5.41) is 14.9. The molecule has 0 spiro atoms. The average Bonchev–Trinajstić information content (AvgIpc) is 2.54. The van der Waals surface area contributed by atoms with Crippen molar-refractivity contribution in [3.05, 3.63) is 56.9 Å². The van der Waals surface area contributed by atoms with Crippen molar-refractivity contribution in [2.24, 2.45) is 0 Å². The van der Waals surface area contributed by atoms with E-state index in [0.29, 0.717) is 11.3 Å². The zero-order valence-corrected chi connectivity index (χ0v) is 11.9. The number of nitrogens with zero attached hydrogens (tertiary/aromatic N) is 3. The molecular weight excluding hydrogens is 290 g/mol. The van der Waals surface area contributed by atoms with Gasteiger partial charge in [0.05, 0.1) is 17.7 Å². The third-order valence-electron chi connectivity index (χ3n) is 3.09. The van der Waals surface area contributed by atoms with E-state index in [0.717, 1.165) is 4.68 Å². The summed E-state index contributed by atoms with van der Waals surface area (Å²) < 4.78 is 5.58. The van der Waals surface area contributed by atoms with Gasteiger partial charge in [-0.05, 0) is 13.0 Å². The van der Waals surface area contributed by atoms with E-state index in [1.807, 2.05) is 0 Å². The highest BCUT2D eigenvalue weighted by molar-refractivity contribution is 5.73. The molecule has 0 bridgehead atoms. The van der Waals surface area contributed by atoms with Gasteiger partial charge in [-0.15, -0.1) is 0 Å². The number of esters is 1. The number of nitro benzene ring substituents is 1. The molecule has 8 nitrogen and oxygen atoms in total. The Labute approximate surface area is 125 Å². The Balaban J connectivity index is 2.50. The molecule has 0 saturated heterocycles. The van der Waals surface area contributed by atoms with E-state index >= 15 is 0 Å². The van der Waals surface area contributed by atoms with Crippen LogP contribution >= 0.6 is 0 Å². The van der Waals surface area contributed by atoms with Crippen LogP contribution in [0.2, 0.25) is 0 Å². The summed E-state index contributed by atoms with van der Waals surface area (Å²) in [7, 11) is 1.22. The summed E-state index contributed by atoms with van der Waals surface area (Å²) in [6.45, 7) is 1.48. The minimum Gasteiger partial charge on any atom is -0.467 e. The lowest BCUT2D eigenvalue weighted by Crippen LogP contribution is -2.30. The fourth-order valence-electron chi connectivity index (χ4n) is 1.91. The Morgan fingerprint density at radius 3 is 2.73 bits per heavy atom. The number of methoxy groups -OCH3 is 1. The Bertz CT molecular complexity index is 784. The van der Waals surface area contributed by atoms with E-state index in [4.69, 9.17) is 0 Å². The molecule has 0 amide bonds. The van der Waals surface area contributed by atoms with Crippen LogP contribution in [0.4, 0.5) is 5.69 Å². The average molecular weight is 303 g/mol. The number of carbonyl (C=O) groups is 1. The second kappa shape index (κ2) is 6.17. The summed E-state index contributed by atoms with van der Waals surface area (Å²) in [5.74, 6) is -0.606. The van der Waals surface area contributed by atoms with Gasteiger partial charge in [-0.1, -0.05) is 12.1 Å². The molecule has 2 aromatic rings. The Morgan fingerprint density at radius 1 is 1.36 bits per heavy atom. The smallest absolute Gasteiger partial charge is 0.330 e. The third-order valence-corrected chi connectivity index (χ3v) is 3.09. The molecule has 1 atom stereocenters. The molecule has 0 radical (unpaired) electrons. The lowest BCUT2D eigenvalue weighted by molar-refractivity contribution is -0.384. The van der Waals surface area contributed by atoms with Crippen LogP contribution in [0.5, 0.6) is 0 Å². The van der Waals surface area contributed by atoms with Crippen LogP contribution in [0.15, 0.2) is 41.2 Å². The number of rotatable bonds is 4. The van der Waals surface area contributed by atoms with Crippen molar-refractivity contribution in [1.29, 1.82) is 0 Å². The Kier molecular flexibility index (Phi) is 4.31. The Morgan fingerprint density at radius 2 is 2.09 bits per heavy atom. The van der Waals surface area contributed by atoms with Crippen molar-refractivity contribution < 1.29 is 14.5 Å². The molecule has 0 saturated carbocycles. The highest BCUT2D eigenvalue weighted by Crippen LogP contribution is 2.21. The maximum atomic E-state index is 11.8. The molecule has 0 aliphatic heterocycles. The van der Waals surface area contributed by atoms with Crippen LogP contribution in [-0.4, -0.2) is 27.8 Å². The first-order valence-corrected chi connectivity index (χ1v) is 6.36. The van der Waals surface area contributed by atoms with Gasteiger partial charge in [0.15, 0.2) is 6.04 Å². The molecule has 1 aromatic carbocycles. The van der Waals surface area contributed by atoms with E-state index in [1.165, 1.54) is 44.4 Å². The standard InChI is InChI=1S/C14H13N3O5/c1-9(14(19)22-2)16-13(18)7-6-12(15-16)10-4-3-5-11(8-10)17(20)21/h3-9H,1-2H3. The zero-order valence-electron chi connectivity index (χ0n) is 11.9. The summed E-state index contributed by atoms with van der Waals surface area (Å²) in [6, 6.07) is 7.66. The number of hydrogen-bond donors (Lipinski definition) is 0. The van der Waals surface area contributed by atoms with Crippen molar-refractivity contribution in [2.45, 2.75) is 13.0 Å². The van der Waals surface area contributed by atoms with Gasteiger partial charge in [0, 0.05) is 23.8 Å². The minimum atomic E-state index is -0.892. The summed E-state index contributed by atoms with van der Waals surface area (Å²) >= 11 is 0. The van der Waals surface area contributed by atoms with E-state index in [2.05, 4.69) is 9.84 Å². The zero-order chi connectivity index (χ0) is 16.3. The van der Waals surface area contributed by atoms with E-state index in [-0.39, 0.29) is 5.69 Å². The molecule has 1 unspecified atom stereocenters. The summed E-state index contributed by atoms with van der Waals surface area (Å²) in [5.41, 5.74) is 0.268. The van der Waals surface area contributed by atoms with E-state index in [1.54, 1.807) is 6.07 Å². The van der Waals surface area contributed by atoms with Gasteiger partial charge >= 0.3 is 5.97 Å². The van der Waals surface area contributed by atoms with Crippen LogP contribution in [0.3, 0.4) is 0 Å². The molecule has 114 valence electrons. The fourth-order valence-corrected chi connectivity index (χ4v) is 1.91. The molecule has 0 aliphatic carbocycles. The van der Waals surface area contributed by atoms with Crippen LogP contribution in [0.1, 0.15) is 13.0 Å². The molecule has 8 heteroatoms. The quantitative estimate of drug-likeness (QED) is 0.482. The lowest BCUT2D eigenvalue weighted by Gasteiger charge is -2.12. The SMILES string of the molecule is COC(=O)C(C)n1nc(-c2cccc([N+](=O)[O-])c2)ccc1=O. The lowest BCUT2D eigenvalue weighted by atomic mass is 10.1. The predicted molar refractivity (Wildman–Crippen MR) is 77.3 cm³/mol. The topological polar surface area (TPSA) is 104 Å². The molecule has 0 N–H and O–H groups in total. The normalized spacial score (nSPS) is 11.7. The maximum absolute atomic E-state index is 11.8. The fraction of sp³-hybridized carbons (Fsp3) is 0.214. The van der Waals surface area contributed by atoms with Gasteiger partial charge in [0.1, 0.15) is 0 Å². The molecule has 1 aromatic heterocycles. The largest absolute Gasteiger partial charge is 0.467 e. The van der Waals surface area contributed by atoms with Crippen LogP contribution in [-0.2, 0) is 9.53 Å². The van der Waals surface area contributed by atoms with Gasteiger partial charge in [-0.3, -0.25) is 14.9 Å². The van der Waals surface area contributed by atoms with Gasteiger partial charge in [-0.25, -0.2) is 9.48 Å². The first kappa shape index (κ1) is 15.4. The van der Waals surface area contributed by atoms with Gasteiger partial charge in [0.25, 0.3) is 11.2 Å². The summed E-state index contributed by atoms with van der Waals surface area (Å²) in [6.07, 6.45) is 0. The molecule has 1 heterocycles. The van der Waals surface area contributed by atoms with Crippen molar-refractivity contribution in [3.8, 4) is 11.3 Å². The van der Waals surface area contributed by atoms with E-state index < -0.39 is 22.5 Å². The van der Waals surface area contributed by atoms with Crippen LogP contribution in [0, 0.1) is 10.1 Å². The van der Waals surface area contributed by atoms with Gasteiger partial charge < -0.3 is 4.74 Å². The Hall–Kier alpha value is -3.03. The second-order valence-corrected chi connectivity index (χ2v) is 4.51. The second-order valence-electron chi connectivity index (χ2n) is 4.51. The molecule has 2 rings (SSSR count). The van der Waals surface area contributed by atoms with Crippen molar-refractivity contribution in [2.75, 3.05) is 7.11 Å². The number of aromatic nitrogens is 2. The van der Waals surface area contributed by atoms with E-state index in [9.17, 15) is 19.7 Å². The number of carbonyl (C=O) groups excluding carboxylic acids is 1. The maximum Gasteiger partial charge on any atom is 0.330 e. The predicted octanol–water partition coefficient (Wildman–Crippen LogP) is 1.55. The van der Waals surface area contributed by atoms with Crippen molar-refractivity contribution in [1.82, 2.24) is 9.78 Å². The highest BCUT2D eigenvalue weighted by atomic mass is 16.6. The summed E-state index contributed by atoms with van der Waals surface area (Å²) in [4.78, 5) is 33.7. The minimum absolute atomic E-state index is 0.0851. The van der Waals surface area contributed by atoms with Crippen LogP contribution in [0.25, 0.3) is 11.3 Å². The number of hydrogen-bond acceptors (Lipinski definition) is 6. The molecular formula is C14H13N3O5. The first-order chi connectivity index (χ1) is 10.4. The highest BCUT2D eigenvalue weighted by Gasteiger charge is 2.18. The number of benzene rings is 1. The van der Waals surface area contributed by atoms with Crippen molar-refractivity contribution in [3.63, 3.8) is 0 Å².